The van der Waals surface area contributed by atoms with Gasteiger partial charge in [-0.15, -0.1) is 0 Å². The van der Waals surface area contributed by atoms with E-state index in [-0.39, 0.29) is 22.8 Å². The van der Waals surface area contributed by atoms with Gasteiger partial charge in [0.15, 0.2) is 0 Å². The molecule has 2 aromatic carbocycles. The molecule has 0 atom stereocenters. The maximum absolute atomic E-state index is 13.1. The Labute approximate surface area is 257 Å². The highest BCUT2D eigenvalue weighted by molar-refractivity contribution is 6.05. The minimum Gasteiger partial charge on any atom is -0.380 e. The van der Waals surface area contributed by atoms with E-state index in [0.717, 1.165) is 28.7 Å². The van der Waals surface area contributed by atoms with Crippen LogP contribution < -0.4 is 16.2 Å². The van der Waals surface area contributed by atoms with Crippen molar-refractivity contribution in [1.29, 1.82) is 0 Å². The normalized spacial score (nSPS) is 13.7. The summed E-state index contributed by atoms with van der Waals surface area (Å²) in [5.74, 6) is 0.174. The molecule has 0 aliphatic carbocycles. The zero-order chi connectivity index (χ0) is 31.4. The molecule has 2 amide bonds. The van der Waals surface area contributed by atoms with Crippen molar-refractivity contribution in [3.05, 3.63) is 106 Å². The van der Waals surface area contributed by atoms with E-state index < -0.39 is 0 Å². The molecule has 9 nitrogen and oxygen atoms in total. The summed E-state index contributed by atoms with van der Waals surface area (Å²) in [4.78, 5) is 45.3. The van der Waals surface area contributed by atoms with E-state index in [1.54, 1.807) is 36.3 Å². The van der Waals surface area contributed by atoms with Crippen LogP contribution in [-0.2, 0) is 17.2 Å². The van der Waals surface area contributed by atoms with Gasteiger partial charge in [-0.05, 0) is 71.8 Å². The molecule has 0 radical (unpaired) electrons. The first-order valence-corrected chi connectivity index (χ1v) is 14.8. The first-order chi connectivity index (χ1) is 21.0. The monoisotopic (exact) mass is 593 g/mol. The fraction of sp³-hybridized carbons (Fsp3) is 0.314. The Morgan fingerprint density at radius 1 is 0.932 bits per heavy atom. The molecule has 1 saturated heterocycles. The Kier molecular flexibility index (Phi) is 8.96. The van der Waals surface area contributed by atoms with Gasteiger partial charge in [-0.1, -0.05) is 45.0 Å². The average molecular weight is 594 g/mol. The van der Waals surface area contributed by atoms with Crippen LogP contribution in [0.15, 0.2) is 77.9 Å². The number of ether oxygens (including phenoxy) is 1. The second-order valence-corrected chi connectivity index (χ2v) is 12.1. The van der Waals surface area contributed by atoms with E-state index in [4.69, 9.17) is 4.74 Å². The Bertz CT molecular complexity index is 1710. The first kappa shape index (κ1) is 30.7. The topological polar surface area (TPSA) is 106 Å². The van der Waals surface area contributed by atoms with Crippen LogP contribution in [0.3, 0.4) is 0 Å². The maximum atomic E-state index is 13.1. The number of hydrogen-bond acceptors (Lipinski definition) is 6. The van der Waals surface area contributed by atoms with Crippen LogP contribution in [0, 0.1) is 6.92 Å². The molecular weight excluding hydrogens is 554 g/mol. The third-order valence-corrected chi connectivity index (χ3v) is 7.87. The number of amides is 2. The lowest BCUT2D eigenvalue weighted by atomic mass is 9.86. The summed E-state index contributed by atoms with van der Waals surface area (Å²) < 4.78 is 6.96. The van der Waals surface area contributed by atoms with Gasteiger partial charge in [0.05, 0.1) is 12.2 Å². The summed E-state index contributed by atoms with van der Waals surface area (Å²) in [6, 6.07) is 18.6. The summed E-state index contributed by atoms with van der Waals surface area (Å²) >= 11 is 0. The Hall–Kier alpha value is -4.76. The second-order valence-electron chi connectivity index (χ2n) is 12.1. The summed E-state index contributed by atoms with van der Waals surface area (Å²) in [7, 11) is 1.69. The lowest BCUT2D eigenvalue weighted by Gasteiger charge is -2.19. The van der Waals surface area contributed by atoms with Crippen molar-refractivity contribution < 1.29 is 14.3 Å². The summed E-state index contributed by atoms with van der Waals surface area (Å²) in [5, 5.41) is 6.17. The third kappa shape index (κ3) is 6.89. The predicted octanol–water partition coefficient (Wildman–Crippen LogP) is 5.91. The van der Waals surface area contributed by atoms with Crippen molar-refractivity contribution in [3.63, 3.8) is 0 Å². The number of carbonyl (C=O) groups is 2. The molecule has 2 N–H and O–H groups in total. The minimum absolute atomic E-state index is 0.00450. The summed E-state index contributed by atoms with van der Waals surface area (Å²) in [5.41, 5.74) is 5.59. The molecule has 1 aliphatic heterocycles. The first-order valence-electron chi connectivity index (χ1n) is 14.8. The highest BCUT2D eigenvalue weighted by Gasteiger charge is 2.19. The van der Waals surface area contributed by atoms with E-state index >= 15 is 0 Å². The van der Waals surface area contributed by atoms with Crippen LogP contribution in [0.4, 0.5) is 17.2 Å². The molecule has 4 aromatic rings. The van der Waals surface area contributed by atoms with E-state index in [2.05, 4.69) is 36.4 Å². The molecule has 0 spiro atoms. The average Bonchev–Trinajstić information content (AvgIpc) is 3.30. The number of aromatic nitrogens is 2. The molecule has 0 saturated carbocycles. The van der Waals surface area contributed by atoms with Crippen LogP contribution in [0.25, 0.3) is 11.1 Å². The predicted molar refractivity (Wildman–Crippen MR) is 174 cm³/mol. The minimum atomic E-state index is -0.221. The van der Waals surface area contributed by atoms with Gasteiger partial charge in [-0.3, -0.25) is 14.4 Å². The summed E-state index contributed by atoms with van der Waals surface area (Å²) in [6.45, 7) is 10.7. The van der Waals surface area contributed by atoms with Crippen LogP contribution in [-0.4, -0.2) is 52.6 Å². The molecule has 0 unspecified atom stereocenters. The molecule has 1 aliphatic rings. The number of nitrogens with one attached hydrogen (secondary N) is 2. The number of nitrogens with zero attached hydrogens (tertiary/aromatic N) is 3. The lowest BCUT2D eigenvalue weighted by Crippen LogP contribution is -2.33. The van der Waals surface area contributed by atoms with E-state index in [1.165, 1.54) is 10.8 Å². The van der Waals surface area contributed by atoms with Crippen molar-refractivity contribution in [1.82, 2.24) is 14.5 Å². The number of pyridine rings is 2. The molecule has 9 heteroatoms. The van der Waals surface area contributed by atoms with Crippen LogP contribution in [0.1, 0.15) is 59.0 Å². The Balaban J connectivity index is 1.35. The Morgan fingerprint density at radius 2 is 1.68 bits per heavy atom. The zero-order valence-electron chi connectivity index (χ0n) is 25.9. The highest BCUT2D eigenvalue weighted by Crippen LogP contribution is 2.30. The van der Waals surface area contributed by atoms with E-state index in [1.807, 2.05) is 49.4 Å². The third-order valence-electron chi connectivity index (χ3n) is 7.87. The van der Waals surface area contributed by atoms with Gasteiger partial charge >= 0.3 is 0 Å². The largest absolute Gasteiger partial charge is 0.380 e. The maximum Gasteiger partial charge on any atom is 0.274 e. The molecule has 5 rings (SSSR count). The van der Waals surface area contributed by atoms with Gasteiger partial charge in [0.25, 0.3) is 17.4 Å². The molecule has 3 heterocycles. The molecule has 0 bridgehead atoms. The lowest BCUT2D eigenvalue weighted by molar-refractivity contribution is 0.0740. The molecule has 2 aromatic heterocycles. The summed E-state index contributed by atoms with van der Waals surface area (Å²) in [6.07, 6.45) is 4.10. The van der Waals surface area contributed by atoms with Crippen LogP contribution in [0.5, 0.6) is 0 Å². The number of rotatable bonds is 6. The highest BCUT2D eigenvalue weighted by atomic mass is 16.5. The van der Waals surface area contributed by atoms with Gasteiger partial charge in [-0.25, -0.2) is 4.98 Å². The smallest absolute Gasteiger partial charge is 0.274 e. The van der Waals surface area contributed by atoms with Crippen molar-refractivity contribution in [2.45, 2.75) is 39.5 Å². The number of carbonyl (C=O) groups excluding carboxylic acids is 2. The quantitative estimate of drug-likeness (QED) is 0.288. The SMILES string of the molecule is Cc1c(NC(=O)c2ccc(C(C)(C)C)cc2)cccc1-c1cc(Nc2ccc(C(=O)N3CCCOCC3)cn2)c(=O)n(C)c1. The van der Waals surface area contributed by atoms with Crippen molar-refractivity contribution in [2.24, 2.45) is 7.05 Å². The number of benzene rings is 2. The molecule has 44 heavy (non-hydrogen) atoms. The van der Waals surface area contributed by atoms with Crippen molar-refractivity contribution in [3.8, 4) is 11.1 Å². The fourth-order valence-electron chi connectivity index (χ4n) is 5.21. The zero-order valence-corrected chi connectivity index (χ0v) is 25.9. The van der Waals surface area contributed by atoms with Gasteiger partial charge in [0, 0.05) is 56.0 Å². The van der Waals surface area contributed by atoms with Crippen LogP contribution >= 0.6 is 0 Å². The number of anilines is 3. The van der Waals surface area contributed by atoms with Gasteiger partial charge in [-0.2, -0.15) is 0 Å². The molecule has 1 fully saturated rings. The van der Waals surface area contributed by atoms with Crippen molar-refractivity contribution >= 4 is 29.0 Å². The molecular formula is C35H39N5O4. The Morgan fingerprint density at radius 3 is 2.39 bits per heavy atom. The standard InChI is InChI=1S/C35H39N5O4/c1-23-28(8-6-9-29(23)38-32(41)24-10-13-27(14-11-24)35(2,3)4)26-20-30(34(43)39(5)22-26)37-31-15-12-25(21-36-31)33(42)40-16-7-18-44-19-17-40/h6,8-15,20-22H,7,16-19H2,1-5H3,(H,36,37)(H,38,41). The number of aryl methyl sites for hydroxylation is 1. The van der Waals surface area contributed by atoms with E-state index in [0.29, 0.717) is 54.6 Å². The van der Waals surface area contributed by atoms with Crippen molar-refractivity contribution in [2.75, 3.05) is 36.9 Å². The van der Waals surface area contributed by atoms with Gasteiger partial charge < -0.3 is 24.8 Å². The second kappa shape index (κ2) is 12.9. The van der Waals surface area contributed by atoms with Gasteiger partial charge in [0.2, 0.25) is 0 Å². The van der Waals surface area contributed by atoms with E-state index in [9.17, 15) is 14.4 Å². The number of hydrogen-bond donors (Lipinski definition) is 2. The van der Waals surface area contributed by atoms with Gasteiger partial charge in [0.1, 0.15) is 11.5 Å². The molecule has 228 valence electrons. The fourth-order valence-corrected chi connectivity index (χ4v) is 5.21. The van der Waals surface area contributed by atoms with Crippen LogP contribution in [0.2, 0.25) is 0 Å².